The quantitative estimate of drug-likeness (QED) is 0.685. The van der Waals surface area contributed by atoms with Crippen molar-refractivity contribution >= 4 is 36.7 Å². The fourth-order valence-electron chi connectivity index (χ4n) is 3.57. The summed E-state index contributed by atoms with van der Waals surface area (Å²) in [4.78, 5) is 32.3. The maximum Gasteiger partial charge on any atom is 0.413 e. The van der Waals surface area contributed by atoms with Crippen molar-refractivity contribution in [1.82, 2.24) is 9.88 Å². The molecule has 0 spiro atoms. The lowest BCUT2D eigenvalue weighted by atomic mass is 10.1. The Labute approximate surface area is 171 Å². The van der Waals surface area contributed by atoms with Crippen LogP contribution in [0.1, 0.15) is 50.2 Å². The first kappa shape index (κ1) is 21.1. The largest absolute Gasteiger partial charge is 0.450 e. The first-order valence-corrected chi connectivity index (χ1v) is 14.4. The van der Waals surface area contributed by atoms with Gasteiger partial charge in [0.1, 0.15) is 5.60 Å². The Morgan fingerprint density at radius 1 is 1.29 bits per heavy atom. The number of fused-ring (bicyclic) bond motifs is 4. The van der Waals surface area contributed by atoms with Crippen LogP contribution in [0.4, 0.5) is 14.7 Å². The second-order valence-electron chi connectivity index (χ2n) is 9.74. The molecule has 2 atom stereocenters. The van der Waals surface area contributed by atoms with Crippen molar-refractivity contribution < 1.29 is 19.1 Å². The molecule has 2 aliphatic heterocycles. The van der Waals surface area contributed by atoms with Gasteiger partial charge >= 0.3 is 12.2 Å². The Bertz CT molecular complexity index is 753. The summed E-state index contributed by atoms with van der Waals surface area (Å²) in [6.45, 7) is 12.8. The van der Waals surface area contributed by atoms with Crippen LogP contribution >= 0.6 is 11.3 Å². The molecule has 2 aliphatic rings. The van der Waals surface area contributed by atoms with Gasteiger partial charge in [-0.3, -0.25) is 10.2 Å². The van der Waals surface area contributed by atoms with Crippen molar-refractivity contribution in [3.8, 4) is 0 Å². The van der Waals surface area contributed by atoms with E-state index in [4.69, 9.17) is 9.47 Å². The van der Waals surface area contributed by atoms with Gasteiger partial charge < -0.3 is 9.47 Å². The van der Waals surface area contributed by atoms with Gasteiger partial charge in [0.25, 0.3) is 0 Å². The predicted molar refractivity (Wildman–Crippen MR) is 113 cm³/mol. The van der Waals surface area contributed by atoms with E-state index in [1.165, 1.54) is 11.3 Å². The number of hydrogen-bond acceptors (Lipinski definition) is 6. The zero-order valence-corrected chi connectivity index (χ0v) is 19.4. The van der Waals surface area contributed by atoms with Gasteiger partial charge in [-0.25, -0.2) is 14.6 Å². The highest BCUT2D eigenvalue weighted by molar-refractivity contribution is 7.16. The van der Waals surface area contributed by atoms with Gasteiger partial charge in [-0.2, -0.15) is 0 Å². The number of hydrogen-bond donors (Lipinski definition) is 1. The fraction of sp³-hybridized carbons (Fsp3) is 0.737. The molecule has 0 aliphatic carbocycles. The summed E-state index contributed by atoms with van der Waals surface area (Å²) in [5.74, 6) is 0. The molecule has 28 heavy (non-hydrogen) atoms. The molecule has 0 radical (unpaired) electrons. The third-order valence-electron chi connectivity index (χ3n) is 4.86. The zero-order valence-electron chi connectivity index (χ0n) is 17.6. The van der Waals surface area contributed by atoms with E-state index in [1.807, 2.05) is 25.7 Å². The van der Waals surface area contributed by atoms with E-state index in [0.717, 1.165) is 29.5 Å². The molecular weight excluding hydrogens is 394 g/mol. The molecule has 1 N–H and O–H groups in total. The molecule has 9 heteroatoms. The highest BCUT2D eigenvalue weighted by atomic mass is 32.1. The van der Waals surface area contributed by atoms with Crippen LogP contribution in [0.5, 0.6) is 0 Å². The molecule has 1 saturated heterocycles. The Hall–Kier alpha value is -1.61. The minimum atomic E-state index is -1.23. The molecule has 2 bridgehead atoms. The fourth-order valence-corrected chi connectivity index (χ4v) is 5.40. The van der Waals surface area contributed by atoms with Crippen LogP contribution in [0.25, 0.3) is 0 Å². The number of carbonyl (C=O) groups is 2. The number of ether oxygens (including phenoxy) is 2. The van der Waals surface area contributed by atoms with E-state index < -0.39 is 19.8 Å². The van der Waals surface area contributed by atoms with Gasteiger partial charge in [-0.05, 0) is 39.7 Å². The zero-order chi connectivity index (χ0) is 20.7. The molecule has 7 nitrogen and oxygen atoms in total. The number of aromatic nitrogens is 1. The van der Waals surface area contributed by atoms with Crippen molar-refractivity contribution in [2.24, 2.45) is 0 Å². The van der Waals surface area contributed by atoms with Crippen LogP contribution in [0, 0.1) is 0 Å². The van der Waals surface area contributed by atoms with Gasteiger partial charge in [0, 0.05) is 20.5 Å². The molecule has 0 saturated carbocycles. The highest BCUT2D eigenvalue weighted by Gasteiger charge is 2.45. The topological polar surface area (TPSA) is 80.8 Å². The lowest BCUT2D eigenvalue weighted by molar-refractivity contribution is 0.0635. The highest BCUT2D eigenvalue weighted by Crippen LogP contribution is 2.47. The van der Waals surface area contributed by atoms with Crippen LogP contribution in [-0.2, 0) is 15.9 Å². The van der Waals surface area contributed by atoms with E-state index in [1.54, 1.807) is 0 Å². The first-order valence-electron chi connectivity index (χ1n) is 9.88. The minimum Gasteiger partial charge on any atom is -0.450 e. The average molecular weight is 426 g/mol. The minimum absolute atomic E-state index is 0.000168. The van der Waals surface area contributed by atoms with E-state index in [0.29, 0.717) is 18.2 Å². The van der Waals surface area contributed by atoms with Crippen LogP contribution in [0.2, 0.25) is 25.7 Å². The Morgan fingerprint density at radius 2 is 2.00 bits per heavy atom. The van der Waals surface area contributed by atoms with Crippen molar-refractivity contribution in [2.75, 3.05) is 11.9 Å². The molecule has 0 aromatic carbocycles. The molecule has 1 aromatic heterocycles. The van der Waals surface area contributed by atoms with E-state index in [2.05, 4.69) is 29.9 Å². The summed E-state index contributed by atoms with van der Waals surface area (Å²) in [6, 6.07) is 1.10. The molecule has 3 heterocycles. The van der Waals surface area contributed by atoms with E-state index >= 15 is 0 Å². The molecule has 2 amide bonds. The number of carbonyl (C=O) groups excluding carboxylic acids is 2. The number of nitrogens with one attached hydrogen (secondary N) is 1. The molecule has 3 rings (SSSR count). The maximum absolute atomic E-state index is 12.7. The summed E-state index contributed by atoms with van der Waals surface area (Å²) < 4.78 is 10.9. The van der Waals surface area contributed by atoms with E-state index in [-0.39, 0.29) is 18.2 Å². The summed E-state index contributed by atoms with van der Waals surface area (Å²) >= 11 is 1.43. The Balaban J connectivity index is 1.66. The Kier molecular flexibility index (Phi) is 5.78. The van der Waals surface area contributed by atoms with Crippen molar-refractivity contribution in [3.05, 3.63) is 10.6 Å². The van der Waals surface area contributed by atoms with Crippen molar-refractivity contribution in [2.45, 2.75) is 83.4 Å². The molecule has 1 fully saturated rings. The monoisotopic (exact) mass is 425 g/mol. The standard InChI is InChI=1S/C19H31N3O4SSi/c1-19(2,3)26-17(23)21-16-20-13-11-12-7-8-14(15(13)27-16)22(12)18(24)25-9-10-28(4,5)6/h12,14H,7-11H2,1-6H3,(H,20,21,23). The first-order chi connectivity index (χ1) is 12.9. The summed E-state index contributed by atoms with van der Waals surface area (Å²) in [7, 11) is -1.23. The number of anilines is 1. The van der Waals surface area contributed by atoms with Gasteiger partial charge in [-0.15, -0.1) is 0 Å². The van der Waals surface area contributed by atoms with Gasteiger partial charge in [0.15, 0.2) is 5.13 Å². The molecular formula is C19H31N3O4SSi. The van der Waals surface area contributed by atoms with Crippen molar-refractivity contribution in [3.63, 3.8) is 0 Å². The smallest absolute Gasteiger partial charge is 0.413 e. The van der Waals surface area contributed by atoms with Crippen LogP contribution in [-0.4, -0.2) is 48.4 Å². The number of rotatable bonds is 4. The molecule has 156 valence electrons. The third-order valence-corrected chi connectivity index (χ3v) is 7.68. The molecule has 2 unspecified atom stereocenters. The SMILES string of the molecule is CC(C)(C)OC(=O)Nc1nc2c(s1)C1CCC(C2)N1C(=O)OCC[Si](C)(C)C. The number of nitrogens with zero attached hydrogens (tertiary/aromatic N) is 2. The van der Waals surface area contributed by atoms with Crippen molar-refractivity contribution in [1.29, 1.82) is 0 Å². The lowest BCUT2D eigenvalue weighted by Gasteiger charge is -2.33. The lowest BCUT2D eigenvalue weighted by Crippen LogP contribution is -2.42. The summed E-state index contributed by atoms with van der Waals surface area (Å²) in [5, 5.41) is 3.25. The van der Waals surface area contributed by atoms with Crippen LogP contribution in [0.3, 0.4) is 0 Å². The van der Waals surface area contributed by atoms with Gasteiger partial charge in [0.2, 0.25) is 0 Å². The number of thiazole rings is 1. The second-order valence-corrected chi connectivity index (χ2v) is 16.4. The molecule has 1 aromatic rings. The predicted octanol–water partition coefficient (Wildman–Crippen LogP) is 5.03. The normalized spacial score (nSPS) is 21.3. The second kappa shape index (κ2) is 7.66. The Morgan fingerprint density at radius 3 is 2.64 bits per heavy atom. The van der Waals surface area contributed by atoms with E-state index in [9.17, 15) is 9.59 Å². The van der Waals surface area contributed by atoms with Gasteiger partial charge in [-0.1, -0.05) is 31.0 Å². The third kappa shape index (κ3) is 5.05. The summed E-state index contributed by atoms with van der Waals surface area (Å²) in [6.07, 6.45) is 1.86. The number of amides is 2. The van der Waals surface area contributed by atoms with Crippen LogP contribution < -0.4 is 5.32 Å². The van der Waals surface area contributed by atoms with Gasteiger partial charge in [0.05, 0.1) is 23.2 Å². The van der Waals surface area contributed by atoms with Crippen LogP contribution in [0.15, 0.2) is 0 Å². The maximum atomic E-state index is 12.7. The summed E-state index contributed by atoms with van der Waals surface area (Å²) in [5.41, 5.74) is 0.422. The average Bonchev–Trinajstić information content (AvgIpc) is 3.05.